The molecule has 3 N–H and O–H groups in total. The van der Waals surface area contributed by atoms with Crippen molar-refractivity contribution in [3.8, 4) is 11.3 Å². The molecule has 1 amide bonds. The molecule has 6 nitrogen and oxygen atoms in total. The number of aromatic nitrogens is 2. The van der Waals surface area contributed by atoms with E-state index >= 15 is 0 Å². The van der Waals surface area contributed by atoms with Gasteiger partial charge in [-0.15, -0.1) is 0 Å². The van der Waals surface area contributed by atoms with Crippen LogP contribution in [0.4, 0.5) is 0 Å². The Morgan fingerprint density at radius 2 is 2.09 bits per heavy atom. The van der Waals surface area contributed by atoms with Crippen molar-refractivity contribution >= 4 is 11.9 Å². The van der Waals surface area contributed by atoms with E-state index in [4.69, 9.17) is 5.11 Å². The Labute approximate surface area is 133 Å². The van der Waals surface area contributed by atoms with Crippen LogP contribution >= 0.6 is 0 Å². The van der Waals surface area contributed by atoms with E-state index in [9.17, 15) is 9.59 Å². The molecule has 1 heterocycles. The van der Waals surface area contributed by atoms with Crippen LogP contribution in [0.15, 0.2) is 36.5 Å². The lowest BCUT2D eigenvalue weighted by atomic mass is 10.2. The van der Waals surface area contributed by atoms with Crippen LogP contribution in [0.5, 0.6) is 0 Å². The average molecular weight is 313 g/mol. The average Bonchev–Trinajstić information content (AvgIpc) is 3.23. The molecule has 1 aromatic carbocycles. The number of carboxylic acid groups (broad SMARTS) is 1. The number of benzene rings is 1. The lowest BCUT2D eigenvalue weighted by molar-refractivity contribution is -0.140. The largest absolute Gasteiger partial charge is 0.481 e. The van der Waals surface area contributed by atoms with Gasteiger partial charge in [0.05, 0.1) is 29.8 Å². The van der Waals surface area contributed by atoms with Crippen LogP contribution in [-0.2, 0) is 9.59 Å². The molecule has 0 radical (unpaired) electrons. The Balaban J connectivity index is 1.69. The first-order valence-corrected chi connectivity index (χ1v) is 7.73. The summed E-state index contributed by atoms with van der Waals surface area (Å²) in [4.78, 5) is 30.6. The lowest BCUT2D eigenvalue weighted by Crippen LogP contribution is -2.31. The normalized spacial score (nSPS) is 20.7. The van der Waals surface area contributed by atoms with Gasteiger partial charge in [-0.05, 0) is 18.4 Å². The number of amides is 1. The standard InChI is InChI=1S/C17H19N3O3/c1-2-13(20-16(21)11-8-12(11)17(22)23)15-18-9-14(19-15)10-6-4-3-5-7-10/h3-7,9,11-13H,2,8H2,1H3,(H,18,19)(H,20,21)(H,22,23)/t11-,12-,13?/m1/s1. The molecule has 0 saturated heterocycles. The fourth-order valence-corrected chi connectivity index (χ4v) is 2.68. The number of carbonyl (C=O) groups is 2. The third kappa shape index (κ3) is 3.26. The summed E-state index contributed by atoms with van der Waals surface area (Å²) >= 11 is 0. The van der Waals surface area contributed by atoms with E-state index in [0.29, 0.717) is 18.7 Å². The molecule has 2 aromatic rings. The first kappa shape index (κ1) is 15.3. The number of hydrogen-bond acceptors (Lipinski definition) is 3. The fourth-order valence-electron chi connectivity index (χ4n) is 2.68. The predicted molar refractivity (Wildman–Crippen MR) is 84.4 cm³/mol. The second kappa shape index (κ2) is 6.24. The van der Waals surface area contributed by atoms with Gasteiger partial charge in [-0.1, -0.05) is 37.3 Å². The maximum atomic E-state index is 12.1. The van der Waals surface area contributed by atoms with Gasteiger partial charge < -0.3 is 15.4 Å². The highest BCUT2D eigenvalue weighted by atomic mass is 16.4. The van der Waals surface area contributed by atoms with Crippen molar-refractivity contribution in [3.63, 3.8) is 0 Å². The topological polar surface area (TPSA) is 95.1 Å². The van der Waals surface area contributed by atoms with E-state index < -0.39 is 17.8 Å². The highest BCUT2D eigenvalue weighted by Crippen LogP contribution is 2.39. The summed E-state index contributed by atoms with van der Waals surface area (Å²) < 4.78 is 0. The third-order valence-corrected chi connectivity index (χ3v) is 4.18. The Bertz CT molecular complexity index is 711. The van der Waals surface area contributed by atoms with Crippen LogP contribution in [0.25, 0.3) is 11.3 Å². The molecule has 0 spiro atoms. The van der Waals surface area contributed by atoms with Gasteiger partial charge in [0.25, 0.3) is 0 Å². The molecule has 1 aliphatic rings. The minimum Gasteiger partial charge on any atom is -0.481 e. The second-order valence-electron chi connectivity index (χ2n) is 5.80. The van der Waals surface area contributed by atoms with Crippen molar-refractivity contribution in [3.05, 3.63) is 42.4 Å². The van der Waals surface area contributed by atoms with Gasteiger partial charge in [0.1, 0.15) is 5.82 Å². The Morgan fingerprint density at radius 1 is 1.35 bits per heavy atom. The zero-order valence-electron chi connectivity index (χ0n) is 12.8. The number of nitrogens with one attached hydrogen (secondary N) is 2. The van der Waals surface area contributed by atoms with Crippen molar-refractivity contribution in [2.24, 2.45) is 11.8 Å². The highest BCUT2D eigenvalue weighted by Gasteiger charge is 2.48. The molecule has 120 valence electrons. The molecular weight excluding hydrogens is 294 g/mol. The Kier molecular flexibility index (Phi) is 4.14. The molecule has 0 aliphatic heterocycles. The summed E-state index contributed by atoms with van der Waals surface area (Å²) in [7, 11) is 0. The van der Waals surface area contributed by atoms with Gasteiger partial charge in [0.2, 0.25) is 5.91 Å². The smallest absolute Gasteiger partial charge is 0.307 e. The molecular formula is C17H19N3O3. The van der Waals surface area contributed by atoms with Crippen LogP contribution in [0.2, 0.25) is 0 Å². The maximum absolute atomic E-state index is 12.1. The van der Waals surface area contributed by atoms with E-state index in [1.807, 2.05) is 37.3 Å². The van der Waals surface area contributed by atoms with Gasteiger partial charge in [0, 0.05) is 0 Å². The monoisotopic (exact) mass is 313 g/mol. The van der Waals surface area contributed by atoms with Crippen LogP contribution in [0.1, 0.15) is 31.6 Å². The minimum absolute atomic E-state index is 0.207. The molecule has 23 heavy (non-hydrogen) atoms. The number of rotatable bonds is 6. The molecule has 1 unspecified atom stereocenters. The Morgan fingerprint density at radius 3 is 2.70 bits per heavy atom. The summed E-state index contributed by atoms with van der Waals surface area (Å²) in [5.74, 6) is -1.37. The van der Waals surface area contributed by atoms with Gasteiger partial charge in [0.15, 0.2) is 0 Å². The zero-order valence-corrected chi connectivity index (χ0v) is 12.8. The first-order valence-electron chi connectivity index (χ1n) is 7.73. The van der Waals surface area contributed by atoms with Crippen LogP contribution in [-0.4, -0.2) is 27.0 Å². The summed E-state index contributed by atoms with van der Waals surface area (Å²) in [6.07, 6.45) is 2.85. The molecule has 6 heteroatoms. The van der Waals surface area contributed by atoms with Crippen LogP contribution in [0.3, 0.4) is 0 Å². The van der Waals surface area contributed by atoms with Gasteiger partial charge in [-0.2, -0.15) is 0 Å². The number of imidazole rings is 1. The van der Waals surface area contributed by atoms with Gasteiger partial charge >= 0.3 is 5.97 Å². The summed E-state index contributed by atoms with van der Waals surface area (Å²) in [5, 5.41) is 11.8. The van der Waals surface area contributed by atoms with Crippen molar-refractivity contribution in [2.75, 3.05) is 0 Å². The molecule has 1 aliphatic carbocycles. The highest BCUT2D eigenvalue weighted by molar-refractivity contribution is 5.89. The van der Waals surface area contributed by atoms with Crippen LogP contribution in [0, 0.1) is 11.8 Å². The van der Waals surface area contributed by atoms with E-state index in [1.165, 1.54) is 0 Å². The first-order chi connectivity index (χ1) is 11.1. The number of hydrogen-bond donors (Lipinski definition) is 3. The predicted octanol–water partition coefficient (Wildman–Crippen LogP) is 2.36. The zero-order chi connectivity index (χ0) is 16.4. The molecule has 3 atom stereocenters. The SMILES string of the molecule is CCC(NC(=O)[C@@H]1C[C@H]1C(=O)O)c1ncc(-c2ccccc2)[nH]1. The second-order valence-corrected chi connectivity index (χ2v) is 5.80. The van der Waals surface area contributed by atoms with Crippen molar-refractivity contribution in [1.29, 1.82) is 0 Å². The van der Waals surface area contributed by atoms with Crippen molar-refractivity contribution in [2.45, 2.75) is 25.8 Å². The van der Waals surface area contributed by atoms with Gasteiger partial charge in [-0.25, -0.2) is 4.98 Å². The van der Waals surface area contributed by atoms with E-state index in [2.05, 4.69) is 15.3 Å². The summed E-state index contributed by atoms with van der Waals surface area (Å²) in [6.45, 7) is 1.96. The molecule has 1 saturated carbocycles. The van der Waals surface area contributed by atoms with E-state index in [-0.39, 0.29) is 11.9 Å². The number of nitrogens with zero attached hydrogens (tertiary/aromatic N) is 1. The van der Waals surface area contributed by atoms with E-state index in [0.717, 1.165) is 11.3 Å². The fraction of sp³-hybridized carbons (Fsp3) is 0.353. The molecule has 0 bridgehead atoms. The number of aromatic amines is 1. The molecule has 1 aromatic heterocycles. The third-order valence-electron chi connectivity index (χ3n) is 4.18. The van der Waals surface area contributed by atoms with Crippen molar-refractivity contribution < 1.29 is 14.7 Å². The summed E-state index contributed by atoms with van der Waals surface area (Å²) in [5.41, 5.74) is 1.92. The maximum Gasteiger partial charge on any atom is 0.307 e. The van der Waals surface area contributed by atoms with Gasteiger partial charge in [-0.3, -0.25) is 9.59 Å². The lowest BCUT2D eigenvalue weighted by Gasteiger charge is -2.14. The number of aliphatic carboxylic acids is 1. The number of carboxylic acids is 1. The number of H-pyrrole nitrogens is 1. The Hall–Kier alpha value is -2.63. The number of carbonyl (C=O) groups excluding carboxylic acids is 1. The van der Waals surface area contributed by atoms with E-state index in [1.54, 1.807) is 6.20 Å². The molecule has 3 rings (SSSR count). The summed E-state index contributed by atoms with van der Waals surface area (Å²) in [6, 6.07) is 9.58. The van der Waals surface area contributed by atoms with Crippen LogP contribution < -0.4 is 5.32 Å². The quantitative estimate of drug-likeness (QED) is 0.763. The minimum atomic E-state index is -0.900. The molecule has 1 fully saturated rings. The van der Waals surface area contributed by atoms with Crippen molar-refractivity contribution in [1.82, 2.24) is 15.3 Å².